The van der Waals surface area contributed by atoms with Gasteiger partial charge in [-0.05, 0) is 106 Å². The van der Waals surface area contributed by atoms with Crippen molar-refractivity contribution in [3.05, 3.63) is 12.3 Å². The summed E-state index contributed by atoms with van der Waals surface area (Å²) in [4.78, 5) is 25.2. The number of aliphatic hydroxyl groups excluding tert-OH is 3. The Kier molecular flexibility index (Phi) is 8.97. The predicted octanol–water partition coefficient (Wildman–Crippen LogP) is 4.69. The Morgan fingerprint density at radius 2 is 1.77 bits per heavy atom. The van der Waals surface area contributed by atoms with Crippen LogP contribution in [0.5, 0.6) is 0 Å². The number of nitrogens with one attached hydrogen (secondary N) is 2. The highest BCUT2D eigenvalue weighted by molar-refractivity contribution is 5.76. The highest BCUT2D eigenvalue weighted by atomic mass is 16.6. The number of rotatable bonds is 8. The molecule has 8 nitrogen and oxygen atoms in total. The van der Waals surface area contributed by atoms with E-state index in [0.717, 1.165) is 38.5 Å². The van der Waals surface area contributed by atoms with E-state index >= 15 is 0 Å². The maximum absolute atomic E-state index is 12.9. The predicted molar refractivity (Wildman–Crippen MR) is 150 cm³/mol. The van der Waals surface area contributed by atoms with Gasteiger partial charge in [0.25, 0.3) is 0 Å². The molecule has 4 aliphatic carbocycles. The lowest BCUT2D eigenvalue weighted by molar-refractivity contribution is -0.206. The fourth-order valence-electron chi connectivity index (χ4n) is 9.49. The molecule has 0 aliphatic heterocycles. The lowest BCUT2D eigenvalue weighted by Crippen LogP contribution is -2.63. The van der Waals surface area contributed by atoms with Crippen molar-refractivity contribution in [2.24, 2.45) is 46.3 Å². The van der Waals surface area contributed by atoms with Crippen molar-refractivity contribution in [1.29, 1.82) is 0 Å². The van der Waals surface area contributed by atoms with Gasteiger partial charge in [-0.25, -0.2) is 4.79 Å². The van der Waals surface area contributed by atoms with Crippen molar-refractivity contribution in [3.63, 3.8) is 0 Å². The van der Waals surface area contributed by atoms with Gasteiger partial charge in [0.1, 0.15) is 11.9 Å². The zero-order valence-electron chi connectivity index (χ0n) is 24.6. The van der Waals surface area contributed by atoms with Crippen LogP contribution in [0.15, 0.2) is 12.3 Å². The van der Waals surface area contributed by atoms with E-state index in [1.807, 2.05) is 13.8 Å². The summed E-state index contributed by atoms with van der Waals surface area (Å²) in [6, 6.07) is -0.0125. The Morgan fingerprint density at radius 1 is 1.05 bits per heavy atom. The largest absolute Gasteiger partial charge is 0.511 e. The molecule has 222 valence electrons. The fraction of sp³-hybridized carbons (Fsp3) is 0.871. The van der Waals surface area contributed by atoms with E-state index < -0.39 is 6.10 Å². The topological polar surface area (TPSA) is 128 Å². The minimum atomic E-state index is -0.460. The van der Waals surface area contributed by atoms with E-state index in [-0.39, 0.29) is 88.9 Å². The van der Waals surface area contributed by atoms with Gasteiger partial charge in [0.2, 0.25) is 5.91 Å². The second-order valence-electron chi connectivity index (χ2n) is 14.1. The van der Waals surface area contributed by atoms with Gasteiger partial charge < -0.3 is 30.7 Å². The van der Waals surface area contributed by atoms with E-state index in [4.69, 9.17) is 4.74 Å². The smallest absolute Gasteiger partial charge is 0.407 e. The van der Waals surface area contributed by atoms with Crippen LogP contribution in [0.2, 0.25) is 0 Å². The van der Waals surface area contributed by atoms with Crippen LogP contribution >= 0.6 is 0 Å². The zero-order chi connectivity index (χ0) is 28.7. The number of carbonyl (C=O) groups excluding carboxylic acids is 2. The molecule has 0 bridgehead atoms. The third kappa shape index (κ3) is 5.83. The van der Waals surface area contributed by atoms with Gasteiger partial charge in [0, 0.05) is 18.4 Å². The zero-order valence-corrected chi connectivity index (χ0v) is 24.6. The molecule has 0 aromatic heterocycles. The molecule has 4 saturated carbocycles. The van der Waals surface area contributed by atoms with Crippen molar-refractivity contribution in [1.82, 2.24) is 10.6 Å². The Hall–Kier alpha value is -1.80. The van der Waals surface area contributed by atoms with Crippen LogP contribution < -0.4 is 10.6 Å². The quantitative estimate of drug-likeness (QED) is 0.280. The molecule has 11 atom stereocenters. The molecule has 0 unspecified atom stereocenters. The average molecular weight is 549 g/mol. The first kappa shape index (κ1) is 30.2. The van der Waals surface area contributed by atoms with Crippen molar-refractivity contribution >= 4 is 12.0 Å². The van der Waals surface area contributed by atoms with Crippen LogP contribution in [-0.4, -0.2) is 58.2 Å². The number of carbonyl (C=O) groups is 2. The fourth-order valence-corrected chi connectivity index (χ4v) is 9.49. The summed E-state index contributed by atoms with van der Waals surface area (Å²) in [7, 11) is 0. The van der Waals surface area contributed by atoms with Gasteiger partial charge in [0.15, 0.2) is 0 Å². The van der Waals surface area contributed by atoms with Crippen molar-refractivity contribution in [3.8, 4) is 0 Å². The van der Waals surface area contributed by atoms with Crippen LogP contribution in [0.3, 0.4) is 0 Å². The van der Waals surface area contributed by atoms with E-state index in [0.29, 0.717) is 19.3 Å². The lowest BCUT2D eigenvalue weighted by atomic mass is 9.43. The maximum Gasteiger partial charge on any atom is 0.407 e. The summed E-state index contributed by atoms with van der Waals surface area (Å²) in [6.45, 7) is 14.1. The first-order valence-corrected chi connectivity index (χ1v) is 15.2. The molecule has 4 aliphatic rings. The number of hydrogen-bond acceptors (Lipinski definition) is 6. The minimum absolute atomic E-state index is 0.0125. The highest BCUT2D eigenvalue weighted by Gasteiger charge is 2.66. The number of hydrogen-bond donors (Lipinski definition) is 5. The standard InChI is InChI=1S/C31H52N2O6/c1-17(2)33-29(38)39-25-14-20-13-21(35)11-12-30(20,5)24-15-26(36)31(6)22(8-9-23(31)28(24)25)18(3)7-10-27(37)32-16-19(4)34/h17-18,20-26,28,34-36H,4,7-16H2,1-3,5-6H3,(H,32,37)(H,33,38)/t18-,20+,21-,22-,23+,24+,25-,26+,28+,30+,31-/m1/s1. The Bertz CT molecular complexity index is 925. The van der Waals surface area contributed by atoms with Crippen LogP contribution in [0.1, 0.15) is 92.4 Å². The third-order valence-corrected chi connectivity index (χ3v) is 11.5. The van der Waals surface area contributed by atoms with Crippen LogP contribution in [-0.2, 0) is 9.53 Å². The molecule has 0 saturated heterocycles. The Labute approximate surface area is 234 Å². The molecule has 5 N–H and O–H groups in total. The number of aliphatic hydroxyl groups is 3. The molecule has 0 radical (unpaired) electrons. The number of ether oxygens (including phenoxy) is 1. The van der Waals surface area contributed by atoms with Gasteiger partial charge in [-0.15, -0.1) is 0 Å². The first-order chi connectivity index (χ1) is 18.3. The highest BCUT2D eigenvalue weighted by Crippen LogP contribution is 2.68. The summed E-state index contributed by atoms with van der Waals surface area (Å²) in [5.41, 5.74) is -0.303. The Balaban J connectivity index is 1.57. The molecular weight excluding hydrogens is 496 g/mol. The lowest BCUT2D eigenvalue weighted by Gasteiger charge is -2.63. The molecule has 4 fully saturated rings. The summed E-state index contributed by atoms with van der Waals surface area (Å²) < 4.78 is 6.22. The van der Waals surface area contributed by atoms with Gasteiger partial charge >= 0.3 is 6.09 Å². The van der Waals surface area contributed by atoms with Crippen LogP contribution in [0.25, 0.3) is 0 Å². The Morgan fingerprint density at radius 3 is 2.44 bits per heavy atom. The molecule has 4 rings (SSSR count). The van der Waals surface area contributed by atoms with Gasteiger partial charge in [-0.3, -0.25) is 4.79 Å². The third-order valence-electron chi connectivity index (χ3n) is 11.5. The minimum Gasteiger partial charge on any atom is -0.511 e. The van der Waals surface area contributed by atoms with E-state index in [1.54, 1.807) is 0 Å². The van der Waals surface area contributed by atoms with Gasteiger partial charge in [-0.2, -0.15) is 0 Å². The summed E-state index contributed by atoms with van der Waals surface area (Å²) in [5.74, 6) is 1.25. The molecule has 2 amide bonds. The molecule has 39 heavy (non-hydrogen) atoms. The van der Waals surface area contributed by atoms with E-state index in [1.165, 1.54) is 0 Å². The SMILES string of the molecule is C=C(O)CNC(=O)CC[C@@H](C)[C@H]1CC[C@H]2[C@@H]3[C@H](OC(=O)NC(C)C)C[C@@H]4C[C@H](O)CC[C@]4(C)[C@H]3C[C@H](O)[C@]12C. The number of alkyl carbamates (subject to hydrolysis) is 1. The van der Waals surface area contributed by atoms with Crippen molar-refractivity contribution in [2.75, 3.05) is 6.54 Å². The monoisotopic (exact) mass is 548 g/mol. The molecule has 0 heterocycles. The first-order valence-electron chi connectivity index (χ1n) is 15.2. The van der Waals surface area contributed by atoms with Crippen LogP contribution in [0.4, 0.5) is 4.79 Å². The molecule has 0 spiro atoms. The maximum atomic E-state index is 12.9. The van der Waals surface area contributed by atoms with Gasteiger partial charge in [0.05, 0.1) is 18.8 Å². The number of amides is 2. The van der Waals surface area contributed by atoms with Crippen molar-refractivity contribution in [2.45, 2.75) is 117 Å². The second-order valence-corrected chi connectivity index (χ2v) is 14.1. The van der Waals surface area contributed by atoms with E-state index in [9.17, 15) is 24.9 Å². The van der Waals surface area contributed by atoms with Crippen LogP contribution in [0, 0.1) is 46.3 Å². The molecule has 8 heteroatoms. The van der Waals surface area contributed by atoms with E-state index in [2.05, 4.69) is 38.0 Å². The molecule has 0 aromatic rings. The van der Waals surface area contributed by atoms with Crippen molar-refractivity contribution < 1.29 is 29.6 Å². The summed E-state index contributed by atoms with van der Waals surface area (Å²) >= 11 is 0. The molecular formula is C31H52N2O6. The van der Waals surface area contributed by atoms with Gasteiger partial charge in [-0.1, -0.05) is 27.4 Å². The number of fused-ring (bicyclic) bond motifs is 5. The average Bonchev–Trinajstić information content (AvgIpc) is 3.20. The normalized spacial score (nSPS) is 42.1. The molecule has 0 aromatic carbocycles. The summed E-state index contributed by atoms with van der Waals surface area (Å²) in [6.07, 6.45) is 5.59. The second kappa shape index (κ2) is 11.6. The summed E-state index contributed by atoms with van der Waals surface area (Å²) in [5, 5.41) is 37.3.